The quantitative estimate of drug-likeness (QED) is 0.264. The van der Waals surface area contributed by atoms with Gasteiger partial charge in [-0.05, 0) is 47.4 Å². The Kier molecular flexibility index (Phi) is 4.70. The molecule has 30 heavy (non-hydrogen) atoms. The van der Waals surface area contributed by atoms with Crippen LogP contribution in [0.4, 0.5) is 26.3 Å². The Labute approximate surface area is 170 Å². The van der Waals surface area contributed by atoms with Gasteiger partial charge in [0.05, 0.1) is 20.9 Å². The van der Waals surface area contributed by atoms with E-state index in [4.69, 9.17) is 0 Å². The lowest BCUT2D eigenvalue weighted by atomic mass is 10.1. The van der Waals surface area contributed by atoms with Gasteiger partial charge in [-0.15, -0.1) is 0 Å². The van der Waals surface area contributed by atoms with Crippen molar-refractivity contribution >= 4 is 20.7 Å². The molecule has 0 fully saturated rings. The molecule has 0 spiro atoms. The SMILES string of the molecule is O=S1(=O)c2ccccc2[SH](c2cc(C(F)(F)F)cc(C(F)(F)F)c2)c2ccccc21. The van der Waals surface area contributed by atoms with Gasteiger partial charge in [-0.3, -0.25) is 0 Å². The first-order valence-corrected chi connectivity index (χ1v) is 11.3. The normalized spacial score (nSPS) is 16.7. The first-order valence-electron chi connectivity index (χ1n) is 8.43. The Morgan fingerprint density at radius 2 is 1.03 bits per heavy atom. The molecule has 1 heterocycles. The van der Waals surface area contributed by atoms with Crippen LogP contribution in [-0.2, 0) is 22.2 Å². The highest BCUT2D eigenvalue weighted by atomic mass is 32.2. The standard InChI is InChI=1S/C20H12F6O2S2/c21-19(22,23)12-9-13(20(24,25)26)11-14(10-12)29-15-5-1-3-7-17(15)30(27,28)18-8-4-2-6-16(18)29/h1-11,29H. The van der Waals surface area contributed by atoms with E-state index in [0.29, 0.717) is 12.1 Å². The first-order chi connectivity index (χ1) is 13.9. The number of hydrogen-bond donors (Lipinski definition) is 1. The van der Waals surface area contributed by atoms with Crippen molar-refractivity contribution < 1.29 is 34.8 Å². The molecule has 0 amide bonds. The van der Waals surface area contributed by atoms with E-state index in [2.05, 4.69) is 0 Å². The smallest absolute Gasteiger partial charge is 0.218 e. The summed E-state index contributed by atoms with van der Waals surface area (Å²) >= 11 is 0. The summed E-state index contributed by atoms with van der Waals surface area (Å²) in [6.07, 6.45) is -9.99. The van der Waals surface area contributed by atoms with Gasteiger partial charge in [-0.25, -0.2) is 8.42 Å². The lowest BCUT2D eigenvalue weighted by Crippen LogP contribution is -2.14. The van der Waals surface area contributed by atoms with Crippen LogP contribution in [0.1, 0.15) is 11.1 Å². The second-order valence-electron chi connectivity index (χ2n) is 6.54. The van der Waals surface area contributed by atoms with Gasteiger partial charge in [0.1, 0.15) is 0 Å². The van der Waals surface area contributed by atoms with Gasteiger partial charge in [-0.1, -0.05) is 24.3 Å². The molecule has 2 nitrogen and oxygen atoms in total. The van der Waals surface area contributed by atoms with E-state index in [1.54, 1.807) is 0 Å². The lowest BCUT2D eigenvalue weighted by molar-refractivity contribution is -0.143. The van der Waals surface area contributed by atoms with Gasteiger partial charge < -0.3 is 0 Å². The summed E-state index contributed by atoms with van der Waals surface area (Å²) in [7, 11) is -5.91. The molecule has 3 aromatic carbocycles. The molecule has 0 radical (unpaired) electrons. The molecule has 158 valence electrons. The Bertz CT molecular complexity index is 1160. The number of sulfone groups is 1. The van der Waals surface area contributed by atoms with Gasteiger partial charge in [0.25, 0.3) is 0 Å². The highest BCUT2D eigenvalue weighted by Gasteiger charge is 2.39. The van der Waals surface area contributed by atoms with Crippen LogP contribution >= 0.6 is 10.9 Å². The van der Waals surface area contributed by atoms with Crippen molar-refractivity contribution in [2.24, 2.45) is 0 Å². The largest absolute Gasteiger partial charge is 0.416 e. The van der Waals surface area contributed by atoms with E-state index in [0.717, 1.165) is 0 Å². The van der Waals surface area contributed by atoms with Crippen LogP contribution in [0.2, 0.25) is 0 Å². The fourth-order valence-electron chi connectivity index (χ4n) is 3.33. The van der Waals surface area contributed by atoms with Crippen LogP contribution in [-0.4, -0.2) is 8.42 Å². The Morgan fingerprint density at radius 3 is 1.43 bits per heavy atom. The number of alkyl halides is 6. The number of fused-ring (bicyclic) bond motifs is 2. The molecule has 4 rings (SSSR count). The third kappa shape index (κ3) is 3.37. The van der Waals surface area contributed by atoms with Crippen LogP contribution in [0.3, 0.4) is 0 Å². The molecule has 0 aromatic heterocycles. The monoisotopic (exact) mass is 462 g/mol. The van der Waals surface area contributed by atoms with Crippen LogP contribution in [0.5, 0.6) is 0 Å². The van der Waals surface area contributed by atoms with E-state index < -0.39 is 44.2 Å². The first kappa shape index (κ1) is 20.8. The van der Waals surface area contributed by atoms with Gasteiger partial charge in [0, 0.05) is 9.79 Å². The summed E-state index contributed by atoms with van der Waals surface area (Å²) in [5.74, 6) is 0. The Balaban J connectivity index is 2.07. The predicted octanol–water partition coefficient (Wildman–Crippen LogP) is 6.35. The number of rotatable bonds is 1. The van der Waals surface area contributed by atoms with Crippen molar-refractivity contribution in [3.05, 3.63) is 77.9 Å². The molecular weight excluding hydrogens is 450 g/mol. The molecule has 3 aromatic rings. The third-order valence-corrected chi connectivity index (χ3v) is 9.31. The number of hydrogen-bond acceptors (Lipinski definition) is 2. The molecule has 0 atom stereocenters. The minimum absolute atomic E-state index is 0.0668. The zero-order chi connectivity index (χ0) is 21.9. The van der Waals surface area contributed by atoms with Crippen molar-refractivity contribution in [2.75, 3.05) is 0 Å². The van der Waals surface area contributed by atoms with E-state index in [1.807, 2.05) is 0 Å². The van der Waals surface area contributed by atoms with Crippen LogP contribution in [0, 0.1) is 0 Å². The third-order valence-electron chi connectivity index (χ3n) is 4.62. The molecule has 1 aliphatic rings. The van der Waals surface area contributed by atoms with Crippen molar-refractivity contribution in [1.82, 2.24) is 0 Å². The summed E-state index contributed by atoms with van der Waals surface area (Å²) < 4.78 is 106. The molecule has 0 saturated heterocycles. The zero-order valence-electron chi connectivity index (χ0n) is 14.8. The number of thiol groups is 1. The minimum Gasteiger partial charge on any atom is -0.218 e. The Morgan fingerprint density at radius 1 is 0.633 bits per heavy atom. The summed E-state index contributed by atoms with van der Waals surface area (Å²) in [5.41, 5.74) is -2.86. The molecule has 1 aliphatic heterocycles. The van der Waals surface area contributed by atoms with E-state index in [-0.39, 0.29) is 30.5 Å². The zero-order valence-corrected chi connectivity index (χ0v) is 16.5. The molecule has 0 unspecified atom stereocenters. The molecule has 0 saturated carbocycles. The second-order valence-corrected chi connectivity index (χ2v) is 10.6. The average molecular weight is 462 g/mol. The fraction of sp³-hybridized carbons (Fsp3) is 0.100. The summed E-state index contributed by atoms with van der Waals surface area (Å²) in [6.45, 7) is 0. The predicted molar refractivity (Wildman–Crippen MR) is 98.6 cm³/mol. The van der Waals surface area contributed by atoms with Crippen LogP contribution in [0.25, 0.3) is 0 Å². The average Bonchev–Trinajstić information content (AvgIpc) is 2.67. The highest BCUT2D eigenvalue weighted by molar-refractivity contribution is 8.18. The highest BCUT2D eigenvalue weighted by Crippen LogP contribution is 2.60. The van der Waals surface area contributed by atoms with Crippen molar-refractivity contribution in [3.63, 3.8) is 0 Å². The van der Waals surface area contributed by atoms with Crippen LogP contribution < -0.4 is 0 Å². The Hall–Kier alpha value is -2.46. The molecule has 0 aliphatic carbocycles. The van der Waals surface area contributed by atoms with E-state index >= 15 is 0 Å². The van der Waals surface area contributed by atoms with E-state index in [1.165, 1.54) is 48.5 Å². The topological polar surface area (TPSA) is 34.1 Å². The van der Waals surface area contributed by atoms with Crippen molar-refractivity contribution in [1.29, 1.82) is 0 Å². The maximum Gasteiger partial charge on any atom is 0.416 e. The summed E-state index contributed by atoms with van der Waals surface area (Å²) in [5, 5.41) is 0. The second kappa shape index (κ2) is 6.78. The fourth-order valence-corrected chi connectivity index (χ4v) is 8.45. The van der Waals surface area contributed by atoms with Gasteiger partial charge in [0.2, 0.25) is 9.84 Å². The summed E-state index contributed by atoms with van der Waals surface area (Å²) in [6, 6.07) is 12.9. The number of halogens is 6. The number of benzene rings is 3. The molecule has 10 heteroatoms. The molecule has 0 bridgehead atoms. The lowest BCUT2D eigenvalue weighted by Gasteiger charge is -2.32. The minimum atomic E-state index is -4.99. The van der Waals surface area contributed by atoms with Crippen LogP contribution in [0.15, 0.2) is 91.2 Å². The van der Waals surface area contributed by atoms with Crippen molar-refractivity contribution in [2.45, 2.75) is 36.8 Å². The molecule has 0 N–H and O–H groups in total. The maximum atomic E-state index is 13.4. The maximum absolute atomic E-state index is 13.4. The van der Waals surface area contributed by atoms with Gasteiger partial charge in [0.15, 0.2) is 0 Å². The van der Waals surface area contributed by atoms with Crippen molar-refractivity contribution in [3.8, 4) is 0 Å². The van der Waals surface area contributed by atoms with Gasteiger partial charge >= 0.3 is 12.4 Å². The summed E-state index contributed by atoms with van der Waals surface area (Å²) in [4.78, 5) is -0.0548. The van der Waals surface area contributed by atoms with E-state index in [9.17, 15) is 34.8 Å². The molecular formula is C20H12F6O2S2. The van der Waals surface area contributed by atoms with Gasteiger partial charge in [-0.2, -0.15) is 37.2 Å².